The van der Waals surface area contributed by atoms with Crippen LogP contribution in [-0.4, -0.2) is 68.4 Å². The number of ether oxygens (including phenoxy) is 2. The second kappa shape index (κ2) is 14.7. The molecule has 0 spiro atoms. The Bertz CT molecular complexity index is 1200. The molecule has 0 heterocycles. The van der Waals surface area contributed by atoms with Gasteiger partial charge < -0.3 is 31.2 Å². The molecule has 7 N–H and O–H groups in total. The fourth-order valence-electron chi connectivity index (χ4n) is 4.68. The van der Waals surface area contributed by atoms with Crippen molar-refractivity contribution in [3.63, 3.8) is 0 Å². The van der Waals surface area contributed by atoms with Gasteiger partial charge in [0.05, 0.1) is 6.10 Å². The third-order valence-electron chi connectivity index (χ3n) is 7.55. The van der Waals surface area contributed by atoms with Crippen LogP contribution in [0.3, 0.4) is 0 Å². The van der Waals surface area contributed by atoms with Gasteiger partial charge in [-0.1, -0.05) is 74.5 Å². The highest BCUT2D eigenvalue weighted by molar-refractivity contribution is 5.89. The number of carbonyl (C=O) groups is 3. The number of amides is 3. The van der Waals surface area contributed by atoms with Crippen molar-refractivity contribution >= 4 is 18.1 Å². The minimum absolute atomic E-state index is 0.0725. The molecule has 0 saturated carbocycles. The summed E-state index contributed by atoms with van der Waals surface area (Å²) in [4.78, 5) is 41.0. The zero-order valence-electron chi connectivity index (χ0n) is 26.2. The van der Waals surface area contributed by atoms with Crippen LogP contribution in [0.4, 0.5) is 9.59 Å². The summed E-state index contributed by atoms with van der Waals surface area (Å²) in [7, 11) is 0. The Morgan fingerprint density at radius 2 is 1.42 bits per heavy atom. The summed E-state index contributed by atoms with van der Waals surface area (Å²) in [5.41, 5.74) is 9.78. The van der Waals surface area contributed by atoms with Crippen molar-refractivity contribution in [3.05, 3.63) is 71.8 Å². The maximum Gasteiger partial charge on any atom is 0.414 e. The molecule has 3 amide bonds. The van der Waals surface area contributed by atoms with E-state index in [0.717, 1.165) is 10.5 Å². The Morgan fingerprint density at radius 1 is 0.907 bits per heavy atom. The molecule has 0 saturated heterocycles. The number of primary amides is 1. The Kier molecular flexibility index (Phi) is 12.1. The van der Waals surface area contributed by atoms with Crippen LogP contribution in [0.5, 0.6) is 0 Å². The maximum absolute atomic E-state index is 14.2. The highest BCUT2D eigenvalue weighted by Crippen LogP contribution is 2.34. The molecule has 0 radical (unpaired) electrons. The van der Waals surface area contributed by atoms with Crippen LogP contribution in [0.15, 0.2) is 60.7 Å². The van der Waals surface area contributed by atoms with Gasteiger partial charge in [-0.15, -0.1) is 0 Å². The SMILES string of the molecule is CC(O)C(N)(Cc1ccccc1)N(C(=O)OC(NC(=O)OC(C)(C)C)C(O)CCc1ccccc1)C(C)(C(N)=O)C(C)C. The van der Waals surface area contributed by atoms with E-state index in [-0.39, 0.29) is 12.8 Å². The van der Waals surface area contributed by atoms with Crippen LogP contribution in [0, 0.1) is 5.92 Å². The van der Waals surface area contributed by atoms with E-state index in [1.807, 2.05) is 36.4 Å². The Morgan fingerprint density at radius 3 is 1.86 bits per heavy atom. The highest BCUT2D eigenvalue weighted by Gasteiger charge is 2.55. The number of nitrogens with zero attached hydrogens (tertiary/aromatic N) is 1. The van der Waals surface area contributed by atoms with Gasteiger partial charge in [0.1, 0.15) is 22.9 Å². The molecule has 5 atom stereocenters. The zero-order valence-corrected chi connectivity index (χ0v) is 26.2. The zero-order chi connectivity index (χ0) is 32.6. The molecule has 2 aromatic rings. The Hall–Kier alpha value is -3.67. The number of nitrogens with two attached hydrogens (primary N) is 2. The average molecular weight is 601 g/mol. The largest absolute Gasteiger partial charge is 0.444 e. The number of carbonyl (C=O) groups excluding carboxylic acids is 3. The normalized spacial score (nSPS) is 16.6. The highest BCUT2D eigenvalue weighted by atomic mass is 16.6. The number of nitrogens with one attached hydrogen (secondary N) is 1. The first-order valence-corrected chi connectivity index (χ1v) is 14.4. The number of alkyl carbamates (subject to hydrolysis) is 1. The number of hydrogen-bond donors (Lipinski definition) is 5. The molecule has 0 aromatic heterocycles. The van der Waals surface area contributed by atoms with E-state index in [2.05, 4.69) is 5.32 Å². The minimum Gasteiger partial charge on any atom is -0.444 e. The van der Waals surface area contributed by atoms with Crippen molar-refractivity contribution in [1.82, 2.24) is 10.2 Å². The molecule has 0 aliphatic rings. The summed E-state index contributed by atoms with van der Waals surface area (Å²) in [6, 6.07) is 18.2. The summed E-state index contributed by atoms with van der Waals surface area (Å²) < 4.78 is 11.1. The topological polar surface area (TPSA) is 177 Å². The quantitative estimate of drug-likeness (QED) is 0.217. The van der Waals surface area contributed by atoms with Crippen LogP contribution < -0.4 is 16.8 Å². The van der Waals surface area contributed by atoms with Gasteiger partial charge in [0.2, 0.25) is 12.1 Å². The number of rotatable bonds is 13. The number of hydrogen-bond acceptors (Lipinski definition) is 8. The first kappa shape index (κ1) is 35.5. The maximum atomic E-state index is 14.2. The Balaban J connectivity index is 2.56. The molecule has 2 aromatic carbocycles. The van der Waals surface area contributed by atoms with Crippen molar-refractivity contribution in [1.29, 1.82) is 0 Å². The van der Waals surface area contributed by atoms with Crippen LogP contribution in [0.25, 0.3) is 0 Å². The second-order valence-electron chi connectivity index (χ2n) is 12.4. The first-order valence-electron chi connectivity index (χ1n) is 14.4. The minimum atomic E-state index is -1.90. The third kappa shape index (κ3) is 9.41. The summed E-state index contributed by atoms with van der Waals surface area (Å²) in [6.45, 7) is 11.2. The van der Waals surface area contributed by atoms with Crippen molar-refractivity contribution in [2.24, 2.45) is 17.4 Å². The van der Waals surface area contributed by atoms with Crippen LogP contribution in [0.1, 0.15) is 66.0 Å². The van der Waals surface area contributed by atoms with Gasteiger partial charge in [-0.25, -0.2) is 9.59 Å². The lowest BCUT2D eigenvalue weighted by Crippen LogP contribution is -2.76. The molecule has 0 aliphatic heterocycles. The molecule has 2 rings (SSSR count). The van der Waals surface area contributed by atoms with E-state index in [9.17, 15) is 24.6 Å². The van der Waals surface area contributed by atoms with Gasteiger partial charge in [-0.3, -0.25) is 15.0 Å². The lowest BCUT2D eigenvalue weighted by atomic mass is 9.81. The van der Waals surface area contributed by atoms with E-state index in [1.165, 1.54) is 13.8 Å². The molecular weight excluding hydrogens is 552 g/mol. The van der Waals surface area contributed by atoms with Gasteiger partial charge in [0.15, 0.2) is 0 Å². The summed E-state index contributed by atoms with van der Waals surface area (Å²) >= 11 is 0. The van der Waals surface area contributed by atoms with Crippen molar-refractivity contribution in [2.45, 2.75) is 103 Å². The first-order chi connectivity index (χ1) is 19.9. The average Bonchev–Trinajstić information content (AvgIpc) is 2.91. The van der Waals surface area contributed by atoms with Gasteiger partial charge in [-0.05, 0) is 64.5 Å². The molecule has 11 heteroatoms. The third-order valence-corrected chi connectivity index (χ3v) is 7.55. The smallest absolute Gasteiger partial charge is 0.414 e. The summed E-state index contributed by atoms with van der Waals surface area (Å²) in [5.74, 6) is -1.47. The molecule has 11 nitrogen and oxygen atoms in total. The lowest BCUT2D eigenvalue weighted by molar-refractivity contribution is -0.144. The predicted octanol–water partition coefficient (Wildman–Crippen LogP) is 3.45. The number of benzene rings is 2. The van der Waals surface area contributed by atoms with E-state index in [0.29, 0.717) is 12.0 Å². The van der Waals surface area contributed by atoms with Crippen molar-refractivity contribution in [2.75, 3.05) is 0 Å². The molecule has 0 fully saturated rings. The number of aliphatic hydroxyl groups is 2. The Labute approximate surface area is 254 Å². The molecule has 0 aliphatic carbocycles. The second-order valence-corrected chi connectivity index (χ2v) is 12.4. The number of aliphatic hydroxyl groups excluding tert-OH is 2. The molecule has 43 heavy (non-hydrogen) atoms. The lowest BCUT2D eigenvalue weighted by Gasteiger charge is -2.52. The van der Waals surface area contributed by atoms with Gasteiger partial charge in [-0.2, -0.15) is 0 Å². The van der Waals surface area contributed by atoms with E-state index < -0.39 is 59.3 Å². The number of aryl methyl sites for hydroxylation is 1. The fourth-order valence-corrected chi connectivity index (χ4v) is 4.68. The van der Waals surface area contributed by atoms with E-state index in [4.69, 9.17) is 20.9 Å². The van der Waals surface area contributed by atoms with Crippen molar-refractivity contribution in [3.8, 4) is 0 Å². The molecule has 238 valence electrons. The van der Waals surface area contributed by atoms with Gasteiger partial charge in [0.25, 0.3) is 0 Å². The molecular formula is C32H48N4O7. The standard InChI is InChI=1S/C32H48N4O7/c1-21(2)31(7,27(33)39)36(32(34,22(3)37)20-24-16-12-9-13-17-24)29(41)42-26(35-28(40)43-30(4,5)6)25(38)19-18-23-14-10-8-11-15-23/h8-17,21-22,25-26,37-38H,18-20,34H2,1-7H3,(H2,33,39)(H,35,40). The predicted molar refractivity (Wildman–Crippen MR) is 163 cm³/mol. The van der Waals surface area contributed by atoms with E-state index >= 15 is 0 Å². The monoisotopic (exact) mass is 600 g/mol. The molecule has 0 bridgehead atoms. The van der Waals surface area contributed by atoms with Crippen LogP contribution in [0.2, 0.25) is 0 Å². The van der Waals surface area contributed by atoms with Gasteiger partial charge >= 0.3 is 12.2 Å². The molecule has 5 unspecified atom stereocenters. The summed E-state index contributed by atoms with van der Waals surface area (Å²) in [6.07, 6.45) is -6.04. The van der Waals surface area contributed by atoms with E-state index in [1.54, 1.807) is 58.9 Å². The van der Waals surface area contributed by atoms with Gasteiger partial charge in [0, 0.05) is 6.42 Å². The summed E-state index contributed by atoms with van der Waals surface area (Å²) in [5, 5.41) is 24.7. The van der Waals surface area contributed by atoms with Crippen LogP contribution in [-0.2, 0) is 27.1 Å². The van der Waals surface area contributed by atoms with Crippen molar-refractivity contribution < 1.29 is 34.1 Å². The fraction of sp³-hybridized carbons (Fsp3) is 0.531. The van der Waals surface area contributed by atoms with Crippen LogP contribution >= 0.6 is 0 Å².